The Morgan fingerprint density at radius 3 is 2.85 bits per heavy atom. The summed E-state index contributed by atoms with van der Waals surface area (Å²) >= 11 is 0. The average Bonchev–Trinajstić information content (AvgIpc) is 2.63. The second kappa shape index (κ2) is 6.55. The Morgan fingerprint density at radius 1 is 1.19 bits per heavy atom. The summed E-state index contributed by atoms with van der Waals surface area (Å²) in [4.78, 5) is 21.9. The van der Waals surface area contributed by atoms with Gasteiger partial charge < -0.3 is 5.32 Å². The van der Waals surface area contributed by atoms with Crippen LogP contribution in [0.25, 0.3) is 16.6 Å². The largest absolute Gasteiger partial charge is 0.324 e. The minimum atomic E-state index is -0.463. The molecule has 6 heteroatoms. The Labute approximate surface area is 149 Å². The van der Waals surface area contributed by atoms with Crippen molar-refractivity contribution in [2.75, 3.05) is 11.9 Å². The molecule has 0 radical (unpaired) electrons. The zero-order valence-electron chi connectivity index (χ0n) is 14.2. The fraction of sp³-hybridized carbons (Fsp3) is 0.150. The van der Waals surface area contributed by atoms with Crippen LogP contribution in [0.4, 0.5) is 10.3 Å². The van der Waals surface area contributed by atoms with Gasteiger partial charge in [0, 0.05) is 12.8 Å². The van der Waals surface area contributed by atoms with E-state index in [-0.39, 0.29) is 10.9 Å². The van der Waals surface area contributed by atoms with Crippen LogP contribution < -0.4 is 10.9 Å². The Bertz CT molecular complexity index is 1110. The molecule has 0 bridgehead atoms. The summed E-state index contributed by atoms with van der Waals surface area (Å²) in [6.07, 6.45) is 4.56. The minimum absolute atomic E-state index is 0.239. The third-order valence-electron chi connectivity index (χ3n) is 4.20. The number of aromatic nitrogens is 2. The molecule has 3 aromatic rings. The molecule has 1 aromatic heterocycles. The van der Waals surface area contributed by atoms with E-state index in [1.165, 1.54) is 22.8 Å². The van der Waals surface area contributed by atoms with Gasteiger partial charge in [-0.25, -0.2) is 13.9 Å². The Kier molecular flexibility index (Phi) is 4.08. The summed E-state index contributed by atoms with van der Waals surface area (Å²) in [5.41, 5.74) is 2.58. The molecule has 0 aliphatic carbocycles. The van der Waals surface area contributed by atoms with Crippen LogP contribution in [0.15, 0.2) is 64.0 Å². The summed E-state index contributed by atoms with van der Waals surface area (Å²) < 4.78 is 15.1. The maximum Gasteiger partial charge on any atom is 0.267 e. The third kappa shape index (κ3) is 3.01. The van der Waals surface area contributed by atoms with Crippen LogP contribution in [0, 0.1) is 12.7 Å². The van der Waals surface area contributed by atoms with Crippen LogP contribution in [0.3, 0.4) is 0 Å². The highest BCUT2D eigenvalue weighted by Crippen LogP contribution is 2.19. The number of hydrogen-bond acceptors (Lipinski definition) is 4. The quantitative estimate of drug-likeness (QED) is 0.787. The number of fused-ring (bicyclic) bond motifs is 1. The second-order valence-corrected chi connectivity index (χ2v) is 6.18. The molecule has 0 atom stereocenters. The number of anilines is 1. The highest BCUT2D eigenvalue weighted by atomic mass is 19.1. The zero-order valence-corrected chi connectivity index (χ0v) is 14.2. The maximum absolute atomic E-state index is 13.7. The van der Waals surface area contributed by atoms with Crippen molar-refractivity contribution in [2.45, 2.75) is 13.3 Å². The predicted molar refractivity (Wildman–Crippen MR) is 102 cm³/mol. The van der Waals surface area contributed by atoms with E-state index in [0.29, 0.717) is 17.2 Å². The fourth-order valence-corrected chi connectivity index (χ4v) is 2.97. The summed E-state index contributed by atoms with van der Waals surface area (Å²) in [7, 11) is 0. The Hall–Kier alpha value is -3.28. The highest BCUT2D eigenvalue weighted by molar-refractivity contribution is 5.85. The lowest BCUT2D eigenvalue weighted by atomic mass is 10.2. The molecule has 130 valence electrons. The Balaban J connectivity index is 1.97. The number of halogens is 1. The van der Waals surface area contributed by atoms with Crippen molar-refractivity contribution in [3.8, 4) is 5.69 Å². The maximum atomic E-state index is 13.7. The number of aryl methyl sites for hydroxylation is 1. The molecule has 26 heavy (non-hydrogen) atoms. The van der Waals surface area contributed by atoms with E-state index in [1.54, 1.807) is 6.21 Å². The first-order valence-electron chi connectivity index (χ1n) is 8.38. The van der Waals surface area contributed by atoms with Gasteiger partial charge in [0.05, 0.1) is 22.3 Å². The number of nitrogens with zero attached hydrogens (tertiary/aromatic N) is 3. The molecule has 1 N–H and O–H groups in total. The van der Waals surface area contributed by atoms with Gasteiger partial charge in [-0.1, -0.05) is 18.2 Å². The van der Waals surface area contributed by atoms with E-state index in [0.717, 1.165) is 24.2 Å². The van der Waals surface area contributed by atoms with Crippen LogP contribution in [-0.4, -0.2) is 22.3 Å². The van der Waals surface area contributed by atoms with E-state index in [9.17, 15) is 9.18 Å². The molecular weight excluding hydrogens is 331 g/mol. The molecule has 2 heterocycles. The third-order valence-corrected chi connectivity index (χ3v) is 4.20. The van der Waals surface area contributed by atoms with Gasteiger partial charge in [-0.15, -0.1) is 0 Å². The van der Waals surface area contributed by atoms with Crippen molar-refractivity contribution in [3.63, 3.8) is 0 Å². The molecule has 1 aliphatic rings. The number of benzene rings is 2. The van der Waals surface area contributed by atoms with Gasteiger partial charge in [-0.3, -0.25) is 9.79 Å². The second-order valence-electron chi connectivity index (χ2n) is 6.18. The highest BCUT2D eigenvalue weighted by Gasteiger charge is 2.14. The molecule has 0 unspecified atom stereocenters. The van der Waals surface area contributed by atoms with Gasteiger partial charge in [0.25, 0.3) is 5.56 Å². The van der Waals surface area contributed by atoms with E-state index in [2.05, 4.69) is 15.3 Å². The van der Waals surface area contributed by atoms with E-state index < -0.39 is 5.82 Å². The topological polar surface area (TPSA) is 59.3 Å². The average molecular weight is 348 g/mol. The molecule has 0 amide bonds. The normalized spacial score (nSPS) is 13.7. The first kappa shape index (κ1) is 16.2. The van der Waals surface area contributed by atoms with Crippen molar-refractivity contribution in [1.29, 1.82) is 0 Å². The van der Waals surface area contributed by atoms with Crippen molar-refractivity contribution in [3.05, 3.63) is 76.0 Å². The number of rotatable bonds is 3. The fourth-order valence-electron chi connectivity index (χ4n) is 2.97. The van der Waals surface area contributed by atoms with Gasteiger partial charge in [0.15, 0.2) is 0 Å². The smallest absolute Gasteiger partial charge is 0.267 e. The number of nitrogens with one attached hydrogen (secondary N) is 1. The molecule has 1 aliphatic heterocycles. The monoisotopic (exact) mass is 348 g/mol. The molecule has 0 spiro atoms. The van der Waals surface area contributed by atoms with Crippen molar-refractivity contribution in [1.82, 2.24) is 9.55 Å². The first-order chi connectivity index (χ1) is 12.6. The van der Waals surface area contributed by atoms with Gasteiger partial charge in [0.2, 0.25) is 5.95 Å². The van der Waals surface area contributed by atoms with Crippen LogP contribution in [-0.2, 0) is 0 Å². The Morgan fingerprint density at radius 2 is 2.08 bits per heavy atom. The predicted octanol–water partition coefficient (Wildman–Crippen LogP) is 3.60. The molecule has 0 saturated heterocycles. The van der Waals surface area contributed by atoms with E-state index in [4.69, 9.17) is 0 Å². The zero-order chi connectivity index (χ0) is 18.1. The van der Waals surface area contributed by atoms with Crippen LogP contribution in [0.1, 0.15) is 12.0 Å². The molecular formula is C20H17FN4O. The molecule has 0 saturated carbocycles. The summed E-state index contributed by atoms with van der Waals surface area (Å²) in [5.74, 6) is -0.0886. The minimum Gasteiger partial charge on any atom is -0.324 e. The molecule has 2 aromatic carbocycles. The van der Waals surface area contributed by atoms with Crippen LogP contribution >= 0.6 is 0 Å². The van der Waals surface area contributed by atoms with Crippen molar-refractivity contribution >= 4 is 23.1 Å². The number of hydrogen-bond donors (Lipinski definition) is 1. The van der Waals surface area contributed by atoms with E-state index in [1.807, 2.05) is 37.3 Å². The lowest BCUT2D eigenvalue weighted by Gasteiger charge is -2.16. The van der Waals surface area contributed by atoms with Crippen molar-refractivity contribution < 1.29 is 4.39 Å². The summed E-state index contributed by atoms with van der Waals surface area (Å²) in [5, 5.41) is 3.42. The summed E-state index contributed by atoms with van der Waals surface area (Å²) in [6, 6.07) is 11.6. The van der Waals surface area contributed by atoms with Crippen LogP contribution in [0.2, 0.25) is 0 Å². The molecule has 0 fully saturated rings. The lowest BCUT2D eigenvalue weighted by Crippen LogP contribution is -2.24. The standard InChI is InChI=1S/C20H17FN4O/c1-13-4-2-6-16(10-13)25-19(26)17-11-14(21)7-8-18(17)24-20(25)23-15-5-3-9-22-12-15/h2,4-8,10-12H,3,9H2,1H3,(H,23,24). The van der Waals surface area contributed by atoms with E-state index >= 15 is 0 Å². The van der Waals surface area contributed by atoms with Gasteiger partial charge >= 0.3 is 0 Å². The van der Waals surface area contributed by atoms with Crippen molar-refractivity contribution in [2.24, 2.45) is 4.99 Å². The molecule has 5 nitrogen and oxygen atoms in total. The summed E-state index contributed by atoms with van der Waals surface area (Å²) in [6.45, 7) is 2.70. The molecule has 4 rings (SSSR count). The first-order valence-corrected chi connectivity index (χ1v) is 8.38. The number of dihydropyridines is 1. The number of allylic oxidation sites excluding steroid dienone is 1. The van der Waals surface area contributed by atoms with Gasteiger partial charge in [-0.2, -0.15) is 0 Å². The number of aliphatic imine (C=N–C) groups is 1. The van der Waals surface area contributed by atoms with Gasteiger partial charge in [-0.05, 0) is 49.2 Å². The lowest BCUT2D eigenvalue weighted by molar-refractivity contribution is 0.629. The SMILES string of the molecule is Cc1cccc(-n2c(NC3=CCCN=C3)nc3ccc(F)cc3c2=O)c1. The van der Waals surface area contributed by atoms with Crippen LogP contribution in [0.5, 0.6) is 0 Å². The van der Waals surface area contributed by atoms with Gasteiger partial charge in [0.1, 0.15) is 5.82 Å².